The van der Waals surface area contributed by atoms with Crippen LogP contribution in [0.1, 0.15) is 28.4 Å². The summed E-state index contributed by atoms with van der Waals surface area (Å²) in [6.45, 7) is 4.22. The second-order valence-electron chi connectivity index (χ2n) is 4.67. The summed E-state index contributed by atoms with van der Waals surface area (Å²) in [4.78, 5) is 12.7. The molecule has 0 aromatic heterocycles. The number of ketones is 1. The molecule has 110 valence electrons. The van der Waals surface area contributed by atoms with Crippen LogP contribution < -0.4 is 15.2 Å². The summed E-state index contributed by atoms with van der Waals surface area (Å²) in [5.41, 5.74) is 8.33. The summed E-state index contributed by atoms with van der Waals surface area (Å²) < 4.78 is 10.7. The predicted molar refractivity (Wildman–Crippen MR) is 83.2 cm³/mol. The van der Waals surface area contributed by atoms with Crippen LogP contribution in [0.3, 0.4) is 0 Å². The van der Waals surface area contributed by atoms with Crippen LogP contribution in [-0.2, 0) is 0 Å². The second-order valence-corrected chi connectivity index (χ2v) is 4.67. The van der Waals surface area contributed by atoms with Crippen molar-refractivity contribution in [2.75, 3.05) is 19.5 Å². The molecule has 2 rings (SSSR count). The molecule has 2 aromatic carbocycles. The summed E-state index contributed by atoms with van der Waals surface area (Å²) in [6.07, 6.45) is 0. The number of para-hydroxylation sites is 1. The maximum Gasteiger partial charge on any atom is 0.196 e. The predicted octanol–water partition coefficient (Wildman–Crippen LogP) is 3.22. The van der Waals surface area contributed by atoms with E-state index in [0.717, 1.165) is 11.3 Å². The molecule has 2 N–H and O–H groups in total. The first-order valence-electron chi connectivity index (χ1n) is 6.79. The Bertz CT molecular complexity index is 665. The normalized spacial score (nSPS) is 10.2. The van der Waals surface area contributed by atoms with E-state index in [1.54, 1.807) is 43.5 Å². The van der Waals surface area contributed by atoms with Crippen molar-refractivity contribution in [2.45, 2.75) is 13.8 Å². The summed E-state index contributed by atoms with van der Waals surface area (Å²) in [5, 5.41) is 0. The molecule has 0 unspecified atom stereocenters. The minimum absolute atomic E-state index is 0.114. The Kier molecular flexibility index (Phi) is 4.48. The molecule has 0 aliphatic rings. The van der Waals surface area contributed by atoms with Crippen LogP contribution in [0.15, 0.2) is 36.4 Å². The highest BCUT2D eigenvalue weighted by molar-refractivity contribution is 6.11. The lowest BCUT2D eigenvalue weighted by Crippen LogP contribution is -2.08. The zero-order chi connectivity index (χ0) is 15.4. The zero-order valence-electron chi connectivity index (χ0n) is 12.5. The highest BCUT2D eigenvalue weighted by Gasteiger charge is 2.17. The lowest BCUT2D eigenvalue weighted by molar-refractivity contribution is 0.103. The quantitative estimate of drug-likeness (QED) is 0.677. The first-order chi connectivity index (χ1) is 10.1. The molecule has 0 bridgehead atoms. The first-order valence-corrected chi connectivity index (χ1v) is 6.79. The molecule has 0 amide bonds. The van der Waals surface area contributed by atoms with Crippen molar-refractivity contribution in [3.63, 3.8) is 0 Å². The number of nitrogens with two attached hydrogens (primary N) is 1. The number of nitrogen functional groups attached to an aromatic ring is 1. The molecule has 4 heteroatoms. The average molecular weight is 285 g/mol. The number of hydrogen-bond acceptors (Lipinski definition) is 4. The SMILES string of the molecule is CCOc1c(N)cccc1C(=O)c1ccc(OC)c(C)c1. The molecule has 4 nitrogen and oxygen atoms in total. The van der Waals surface area contributed by atoms with Gasteiger partial charge in [0.15, 0.2) is 11.5 Å². The van der Waals surface area contributed by atoms with Crippen molar-refractivity contribution in [3.8, 4) is 11.5 Å². The maximum atomic E-state index is 12.7. The number of rotatable bonds is 5. The van der Waals surface area contributed by atoms with Gasteiger partial charge in [-0.25, -0.2) is 0 Å². The average Bonchev–Trinajstić information content (AvgIpc) is 2.48. The molecule has 0 saturated carbocycles. The fraction of sp³-hybridized carbons (Fsp3) is 0.235. The van der Waals surface area contributed by atoms with Gasteiger partial charge in [0.05, 0.1) is 25.0 Å². The van der Waals surface area contributed by atoms with Gasteiger partial charge >= 0.3 is 0 Å². The molecule has 0 aliphatic heterocycles. The topological polar surface area (TPSA) is 61.5 Å². The van der Waals surface area contributed by atoms with Gasteiger partial charge < -0.3 is 15.2 Å². The van der Waals surface area contributed by atoms with E-state index in [0.29, 0.717) is 29.2 Å². The van der Waals surface area contributed by atoms with Gasteiger partial charge in [0.25, 0.3) is 0 Å². The van der Waals surface area contributed by atoms with E-state index < -0.39 is 0 Å². The van der Waals surface area contributed by atoms with Crippen LogP contribution in [0.4, 0.5) is 5.69 Å². The van der Waals surface area contributed by atoms with E-state index in [4.69, 9.17) is 15.2 Å². The van der Waals surface area contributed by atoms with Gasteiger partial charge in [0.1, 0.15) is 5.75 Å². The van der Waals surface area contributed by atoms with Crippen LogP contribution in [0.2, 0.25) is 0 Å². The Hall–Kier alpha value is -2.49. The number of aryl methyl sites for hydroxylation is 1. The number of methoxy groups -OCH3 is 1. The van der Waals surface area contributed by atoms with Crippen molar-refractivity contribution >= 4 is 11.5 Å². The van der Waals surface area contributed by atoms with Crippen LogP contribution in [0.5, 0.6) is 11.5 Å². The van der Waals surface area contributed by atoms with Gasteiger partial charge in [0.2, 0.25) is 0 Å². The second kappa shape index (κ2) is 6.31. The third kappa shape index (κ3) is 2.99. The highest BCUT2D eigenvalue weighted by Crippen LogP contribution is 2.29. The minimum atomic E-state index is -0.114. The summed E-state index contributed by atoms with van der Waals surface area (Å²) >= 11 is 0. The molecular weight excluding hydrogens is 266 g/mol. The van der Waals surface area contributed by atoms with Crippen molar-refractivity contribution < 1.29 is 14.3 Å². The monoisotopic (exact) mass is 285 g/mol. The largest absolute Gasteiger partial charge is 0.496 e. The number of hydrogen-bond donors (Lipinski definition) is 1. The van der Waals surface area contributed by atoms with Gasteiger partial charge in [0, 0.05) is 5.56 Å². The van der Waals surface area contributed by atoms with Gasteiger partial charge in [-0.15, -0.1) is 0 Å². The highest BCUT2D eigenvalue weighted by atomic mass is 16.5. The molecule has 0 heterocycles. The minimum Gasteiger partial charge on any atom is -0.496 e. The number of anilines is 1. The Morgan fingerprint density at radius 3 is 2.62 bits per heavy atom. The first kappa shape index (κ1) is 14.9. The van der Waals surface area contributed by atoms with Crippen LogP contribution in [0, 0.1) is 6.92 Å². The van der Waals surface area contributed by atoms with Crippen molar-refractivity contribution in [2.24, 2.45) is 0 Å². The summed E-state index contributed by atoms with van der Waals surface area (Å²) in [7, 11) is 1.61. The Morgan fingerprint density at radius 2 is 2.00 bits per heavy atom. The summed E-state index contributed by atoms with van der Waals surface area (Å²) in [6, 6.07) is 10.5. The van der Waals surface area contributed by atoms with Crippen LogP contribution >= 0.6 is 0 Å². The Labute approximate surface area is 124 Å². The number of carbonyl (C=O) groups is 1. The molecule has 0 aliphatic carbocycles. The van der Waals surface area contributed by atoms with E-state index in [-0.39, 0.29) is 5.78 Å². The Morgan fingerprint density at radius 1 is 1.24 bits per heavy atom. The molecule has 0 fully saturated rings. The van der Waals surface area contributed by atoms with E-state index in [1.807, 2.05) is 13.8 Å². The fourth-order valence-corrected chi connectivity index (χ4v) is 2.21. The van der Waals surface area contributed by atoms with Crippen molar-refractivity contribution in [1.29, 1.82) is 0 Å². The zero-order valence-corrected chi connectivity index (χ0v) is 12.5. The van der Waals surface area contributed by atoms with Gasteiger partial charge in [-0.05, 0) is 49.7 Å². The van der Waals surface area contributed by atoms with E-state index in [1.165, 1.54) is 0 Å². The maximum absolute atomic E-state index is 12.7. The number of carbonyl (C=O) groups excluding carboxylic acids is 1. The third-order valence-electron chi connectivity index (χ3n) is 3.24. The molecule has 0 atom stereocenters. The van der Waals surface area contributed by atoms with Crippen LogP contribution in [-0.4, -0.2) is 19.5 Å². The van der Waals surface area contributed by atoms with Crippen LogP contribution in [0.25, 0.3) is 0 Å². The van der Waals surface area contributed by atoms with Gasteiger partial charge in [-0.2, -0.15) is 0 Å². The van der Waals surface area contributed by atoms with Crippen molar-refractivity contribution in [3.05, 3.63) is 53.1 Å². The Balaban J connectivity index is 2.45. The van der Waals surface area contributed by atoms with Crippen molar-refractivity contribution in [1.82, 2.24) is 0 Å². The standard InChI is InChI=1S/C17H19NO3/c1-4-21-17-13(6-5-7-14(17)18)16(19)12-8-9-15(20-3)11(2)10-12/h5-10H,4,18H2,1-3H3. The summed E-state index contributed by atoms with van der Waals surface area (Å²) in [5.74, 6) is 1.08. The van der Waals surface area contributed by atoms with E-state index in [9.17, 15) is 4.79 Å². The van der Waals surface area contributed by atoms with E-state index >= 15 is 0 Å². The smallest absolute Gasteiger partial charge is 0.196 e. The number of benzene rings is 2. The fourth-order valence-electron chi connectivity index (χ4n) is 2.21. The molecular formula is C17H19NO3. The molecule has 21 heavy (non-hydrogen) atoms. The number of ether oxygens (including phenoxy) is 2. The van der Waals surface area contributed by atoms with Gasteiger partial charge in [-0.1, -0.05) is 6.07 Å². The third-order valence-corrected chi connectivity index (χ3v) is 3.24. The molecule has 0 saturated heterocycles. The molecule has 2 aromatic rings. The van der Waals surface area contributed by atoms with E-state index in [2.05, 4.69) is 0 Å². The lowest BCUT2D eigenvalue weighted by Gasteiger charge is -2.12. The molecule has 0 spiro atoms. The molecule has 0 radical (unpaired) electrons. The lowest BCUT2D eigenvalue weighted by atomic mass is 10.00. The van der Waals surface area contributed by atoms with Gasteiger partial charge in [-0.3, -0.25) is 4.79 Å².